The Labute approximate surface area is 430 Å². The number of carbonyl (C=O) groups is 4. The third kappa shape index (κ3) is 22.7. The van der Waals surface area contributed by atoms with Crippen LogP contribution in [0.25, 0.3) is 0 Å². The van der Waals surface area contributed by atoms with Crippen molar-refractivity contribution < 1.29 is 29.0 Å². The molecule has 72 heavy (non-hydrogen) atoms. The van der Waals surface area contributed by atoms with Crippen LogP contribution in [0, 0.1) is 13.8 Å². The van der Waals surface area contributed by atoms with Crippen LogP contribution in [0.3, 0.4) is 0 Å². The molecule has 2 aromatic heterocycles. The van der Waals surface area contributed by atoms with E-state index in [0.717, 1.165) is 22.5 Å². The molecule has 0 saturated heterocycles. The lowest BCUT2D eigenvalue weighted by Gasteiger charge is -2.27. The molecule has 0 aliphatic heterocycles. The molecule has 9 N–H and O–H groups in total. The fourth-order valence-electron chi connectivity index (χ4n) is 5.87. The maximum absolute atomic E-state index is 12.1. The number of carbonyl (C=O) groups excluding carboxylic acids is 3. The van der Waals surface area contributed by atoms with Crippen molar-refractivity contribution in [1.82, 2.24) is 40.5 Å². The number of amides is 4. The number of nitrogens with one attached hydrogen (secondary N) is 8. The molecule has 6 rings (SSSR count). The van der Waals surface area contributed by atoms with Crippen LogP contribution < -0.4 is 42.5 Å². The fraction of sp³-hybridized carbons (Fsp3) is 0.320. The van der Waals surface area contributed by atoms with Gasteiger partial charge in [-0.3, -0.25) is 9.59 Å². The Morgan fingerprint density at radius 3 is 1.19 bits per heavy atom. The van der Waals surface area contributed by atoms with E-state index in [-0.39, 0.29) is 53.6 Å². The van der Waals surface area contributed by atoms with E-state index in [4.69, 9.17) is 33.0 Å². The van der Waals surface area contributed by atoms with E-state index in [1.54, 1.807) is 6.92 Å². The number of benzene rings is 4. The lowest BCUT2D eigenvalue weighted by molar-refractivity contribution is -0.141. The molecule has 384 valence electrons. The first kappa shape index (κ1) is 58.5. The zero-order valence-corrected chi connectivity index (χ0v) is 43.4. The Hall–Kier alpha value is -7.84. The van der Waals surface area contributed by atoms with Gasteiger partial charge in [0.2, 0.25) is 34.4 Å². The minimum absolute atomic E-state index is 0.00818. The Morgan fingerprint density at radius 1 is 0.514 bits per heavy atom. The number of aryl methyl sites for hydroxylation is 2. The largest absolute Gasteiger partial charge is 0.480 e. The SMILES string of the molecule is CCNc1nc(Cl)nc(NCC(=O)O)n1.CCNc1nc(Cl)nc(NCC(=O)OCC)n1.Cc1ccc(NC(=O)NC(C)(C)c2ccccc2)cc1.Cc1ccc(NC(=O)NC(C)(C)c2ccccc2)cc1. The molecule has 0 aliphatic carbocycles. The van der Waals surface area contributed by atoms with Crippen LogP contribution >= 0.6 is 23.2 Å². The van der Waals surface area contributed by atoms with E-state index in [9.17, 15) is 19.2 Å². The standard InChI is InChI=1S/2C17H20N2O.C9H14ClN5O2.C7H10ClN5O2/c2*1-13-9-11-15(12-10-13)18-16(20)19-17(2,3)14-7-5-4-6-8-14;1-3-11-8-13-7(10)14-9(15-8)12-5-6(16)17-4-2;1-2-9-6-11-5(8)12-7(13-6)10-3-4(14)15/h2*4-12H,1-3H3,(H2,18,19,20);3-5H2,1-2H3,(H2,11,12,13,14,15);2-3H2,1H3,(H,14,15)(H2,9,10,11,12,13). The van der Waals surface area contributed by atoms with Gasteiger partial charge in [-0.05, 0) is 121 Å². The third-order valence-corrected chi connectivity index (χ3v) is 9.78. The number of rotatable bonds is 17. The second kappa shape index (κ2) is 30.0. The molecule has 0 bridgehead atoms. The summed E-state index contributed by atoms with van der Waals surface area (Å²) in [5, 5.41) is 31.1. The van der Waals surface area contributed by atoms with Gasteiger partial charge in [-0.2, -0.15) is 29.9 Å². The van der Waals surface area contributed by atoms with Crippen LogP contribution in [-0.4, -0.2) is 91.8 Å². The average Bonchev–Trinajstić information content (AvgIpc) is 3.32. The first-order valence-corrected chi connectivity index (χ1v) is 23.6. The van der Waals surface area contributed by atoms with Crippen LogP contribution in [0.15, 0.2) is 109 Å². The van der Waals surface area contributed by atoms with Gasteiger partial charge in [-0.25, -0.2) is 9.59 Å². The number of carboxylic acid groups (broad SMARTS) is 1. The molecule has 0 saturated carbocycles. The number of carboxylic acids is 1. The predicted molar refractivity (Wildman–Crippen MR) is 285 cm³/mol. The Balaban J connectivity index is 0.000000255. The van der Waals surface area contributed by atoms with Crippen molar-refractivity contribution in [2.45, 2.75) is 73.4 Å². The summed E-state index contributed by atoms with van der Waals surface area (Å²) in [6.07, 6.45) is 0. The van der Waals surface area contributed by atoms with Gasteiger partial charge < -0.3 is 52.4 Å². The molecule has 0 spiro atoms. The summed E-state index contributed by atoms with van der Waals surface area (Å²) in [5.41, 5.74) is 5.21. The number of hydrogen-bond donors (Lipinski definition) is 9. The summed E-state index contributed by atoms with van der Waals surface area (Å²) in [4.78, 5) is 68.7. The van der Waals surface area contributed by atoms with Gasteiger partial charge in [0.15, 0.2) is 0 Å². The smallest absolute Gasteiger partial charge is 0.325 e. The van der Waals surface area contributed by atoms with Crippen LogP contribution in [0.1, 0.15) is 70.7 Å². The van der Waals surface area contributed by atoms with E-state index < -0.39 is 17.0 Å². The van der Waals surface area contributed by atoms with Gasteiger partial charge in [0, 0.05) is 24.5 Å². The highest BCUT2D eigenvalue weighted by Gasteiger charge is 2.23. The van der Waals surface area contributed by atoms with Gasteiger partial charge in [0.1, 0.15) is 13.1 Å². The quantitative estimate of drug-likeness (QED) is 0.0385. The summed E-state index contributed by atoms with van der Waals surface area (Å²) < 4.78 is 4.75. The second-order valence-electron chi connectivity index (χ2n) is 16.3. The second-order valence-corrected chi connectivity index (χ2v) is 17.0. The maximum atomic E-state index is 12.1. The highest BCUT2D eigenvalue weighted by molar-refractivity contribution is 6.28. The highest BCUT2D eigenvalue weighted by atomic mass is 35.5. The number of aromatic nitrogens is 6. The van der Waals surface area contributed by atoms with Crippen LogP contribution in [0.2, 0.25) is 10.6 Å². The summed E-state index contributed by atoms with van der Waals surface area (Å²) in [6.45, 7) is 18.8. The van der Waals surface area contributed by atoms with E-state index in [0.29, 0.717) is 31.6 Å². The number of hydrogen-bond acceptors (Lipinski definition) is 15. The normalized spacial score (nSPS) is 10.4. The molecule has 0 aliphatic rings. The molecule has 0 radical (unpaired) electrons. The molecule has 20 nitrogen and oxygen atoms in total. The van der Waals surface area contributed by atoms with Crippen molar-refractivity contribution in [3.05, 3.63) is 142 Å². The van der Waals surface area contributed by atoms with Crippen LogP contribution in [0.5, 0.6) is 0 Å². The molecule has 4 amide bonds. The fourth-order valence-corrected chi connectivity index (χ4v) is 6.19. The first-order valence-electron chi connectivity index (χ1n) is 22.8. The summed E-state index contributed by atoms with van der Waals surface area (Å²) in [5.74, 6) is -0.350. The Morgan fingerprint density at radius 2 is 0.861 bits per heavy atom. The van der Waals surface area contributed by atoms with Gasteiger partial charge in [0.25, 0.3) is 0 Å². The van der Waals surface area contributed by atoms with E-state index in [1.165, 1.54) is 11.1 Å². The molecule has 6 aromatic rings. The molecule has 2 heterocycles. The molecule has 0 unspecified atom stereocenters. The predicted octanol–water partition coefficient (Wildman–Crippen LogP) is 9.49. The van der Waals surface area contributed by atoms with E-state index in [1.807, 2.05) is 165 Å². The number of esters is 1. The van der Waals surface area contributed by atoms with Crippen molar-refractivity contribution in [2.24, 2.45) is 0 Å². The van der Waals surface area contributed by atoms with Crippen LogP contribution in [-0.2, 0) is 25.4 Å². The maximum Gasteiger partial charge on any atom is 0.325 e. The lowest BCUT2D eigenvalue weighted by Crippen LogP contribution is -2.43. The van der Waals surface area contributed by atoms with Crippen molar-refractivity contribution in [2.75, 3.05) is 64.7 Å². The van der Waals surface area contributed by atoms with Crippen molar-refractivity contribution in [3.8, 4) is 0 Å². The minimum Gasteiger partial charge on any atom is -0.480 e. The summed E-state index contributed by atoms with van der Waals surface area (Å²) in [7, 11) is 0. The van der Waals surface area contributed by atoms with Crippen LogP contribution in [0.4, 0.5) is 44.8 Å². The van der Waals surface area contributed by atoms with Gasteiger partial charge >= 0.3 is 24.0 Å². The third-order valence-electron chi connectivity index (χ3n) is 9.44. The van der Waals surface area contributed by atoms with Crippen molar-refractivity contribution in [3.63, 3.8) is 0 Å². The zero-order valence-electron chi connectivity index (χ0n) is 41.9. The number of urea groups is 2. The number of anilines is 6. The zero-order chi connectivity index (χ0) is 53.1. The number of halogens is 2. The summed E-state index contributed by atoms with van der Waals surface area (Å²) >= 11 is 11.3. The Bertz CT molecular complexity index is 2500. The van der Waals surface area contributed by atoms with E-state index in [2.05, 4.69) is 72.4 Å². The molecule has 22 heteroatoms. The minimum atomic E-state index is -1.00. The topological polar surface area (TPSA) is 271 Å². The number of aliphatic carboxylic acids is 1. The summed E-state index contributed by atoms with van der Waals surface area (Å²) in [6, 6.07) is 34.9. The molecule has 0 atom stereocenters. The average molecular weight is 1030 g/mol. The lowest BCUT2D eigenvalue weighted by atomic mass is 9.95. The number of ether oxygens (including phenoxy) is 1. The van der Waals surface area contributed by atoms with E-state index >= 15 is 0 Å². The van der Waals surface area contributed by atoms with Gasteiger partial charge in [0.05, 0.1) is 17.7 Å². The monoisotopic (exact) mass is 1030 g/mol. The van der Waals surface area contributed by atoms with Crippen molar-refractivity contribution >= 4 is 82.4 Å². The first-order chi connectivity index (χ1) is 34.2. The molecule has 4 aromatic carbocycles. The highest BCUT2D eigenvalue weighted by Crippen LogP contribution is 2.21. The molecule has 0 fully saturated rings. The molecular formula is C50H64Cl2N14O6. The number of nitrogens with zero attached hydrogens (tertiary/aromatic N) is 6. The van der Waals surface area contributed by atoms with Gasteiger partial charge in [-0.15, -0.1) is 0 Å². The van der Waals surface area contributed by atoms with Gasteiger partial charge in [-0.1, -0.05) is 96.1 Å². The Kier molecular flexibility index (Phi) is 24.4. The van der Waals surface area contributed by atoms with Crippen molar-refractivity contribution in [1.29, 1.82) is 0 Å². The molecular weight excluding hydrogens is 964 g/mol.